The number of hydrogen-bond donors (Lipinski definition) is 2. The molecule has 3 nitrogen and oxygen atoms in total. The van der Waals surface area contributed by atoms with Crippen molar-refractivity contribution in [2.24, 2.45) is 0 Å². The number of aliphatic hydroxyl groups excluding tert-OH is 1. The molecule has 0 saturated carbocycles. The van der Waals surface area contributed by atoms with Gasteiger partial charge >= 0.3 is 5.97 Å². The molecule has 0 amide bonds. The van der Waals surface area contributed by atoms with E-state index in [4.69, 9.17) is 10.2 Å². The van der Waals surface area contributed by atoms with E-state index in [1.54, 1.807) is 0 Å². The molecule has 5 heteroatoms. The third kappa shape index (κ3) is 2.05. The summed E-state index contributed by atoms with van der Waals surface area (Å²) < 4.78 is 13.2. The Bertz CT molecular complexity index is 320. The second kappa shape index (κ2) is 3.85. The minimum absolute atomic E-state index is 0.238. The summed E-state index contributed by atoms with van der Waals surface area (Å²) in [7, 11) is 0. The normalized spacial score (nSPS) is 12.5. The van der Waals surface area contributed by atoms with Gasteiger partial charge in [-0.25, -0.2) is 9.18 Å². The number of hydrogen-bond acceptors (Lipinski definition) is 2. The smallest absolute Gasteiger partial charge is 0.337 e. The number of rotatable bonds is 2. The van der Waals surface area contributed by atoms with Gasteiger partial charge in [-0.2, -0.15) is 0 Å². The van der Waals surface area contributed by atoms with Gasteiger partial charge in [0.05, 0.1) is 0 Å². The number of carboxylic acids is 1. The molecule has 0 spiro atoms. The molecule has 0 bridgehead atoms. The van der Waals surface area contributed by atoms with Crippen LogP contribution >= 0.6 is 15.9 Å². The summed E-state index contributed by atoms with van der Waals surface area (Å²) in [5, 5.41) is 17.5. The predicted molar refractivity (Wildman–Crippen MR) is 46.7 cm³/mol. The average molecular weight is 249 g/mol. The molecule has 1 atom stereocenters. The summed E-state index contributed by atoms with van der Waals surface area (Å²) >= 11 is 2.95. The Hall–Kier alpha value is -0.940. The Morgan fingerprint density at radius 1 is 1.54 bits per heavy atom. The van der Waals surface area contributed by atoms with Gasteiger partial charge in [-0.3, -0.25) is 0 Å². The van der Waals surface area contributed by atoms with Gasteiger partial charge in [0.1, 0.15) is 5.82 Å². The zero-order chi connectivity index (χ0) is 10.0. The maximum atomic E-state index is 13.0. The molecule has 0 aliphatic rings. The number of carboxylic acid groups (broad SMARTS) is 1. The van der Waals surface area contributed by atoms with Gasteiger partial charge in [-0.05, 0) is 12.1 Å². The van der Waals surface area contributed by atoms with Crippen LogP contribution in [0.15, 0.2) is 22.7 Å². The minimum Gasteiger partial charge on any atom is -0.479 e. The third-order valence-electron chi connectivity index (χ3n) is 1.51. The fourth-order valence-corrected chi connectivity index (χ4v) is 1.45. The zero-order valence-corrected chi connectivity index (χ0v) is 7.95. The van der Waals surface area contributed by atoms with Crippen molar-refractivity contribution in [2.75, 3.05) is 0 Å². The highest BCUT2D eigenvalue weighted by atomic mass is 79.9. The van der Waals surface area contributed by atoms with E-state index in [2.05, 4.69) is 15.9 Å². The molecule has 2 N–H and O–H groups in total. The van der Waals surface area contributed by atoms with Crippen LogP contribution in [0, 0.1) is 5.82 Å². The zero-order valence-electron chi connectivity index (χ0n) is 6.37. The van der Waals surface area contributed by atoms with E-state index in [1.165, 1.54) is 12.1 Å². The van der Waals surface area contributed by atoms with Crippen molar-refractivity contribution in [3.63, 3.8) is 0 Å². The molecular formula is C8H6BrFO3. The fraction of sp³-hybridized carbons (Fsp3) is 0.125. The lowest BCUT2D eigenvalue weighted by molar-refractivity contribution is -0.147. The molecule has 0 heterocycles. The van der Waals surface area contributed by atoms with Gasteiger partial charge in [-0.15, -0.1) is 0 Å². The average Bonchev–Trinajstić information content (AvgIpc) is 2.03. The molecule has 0 aliphatic heterocycles. The largest absolute Gasteiger partial charge is 0.479 e. The standard InChI is InChI=1S/C8H6BrFO3/c9-4-2-1-3-5(10)6(4)7(11)8(12)13/h1-3,7,11H,(H,12,13)/t7-/m0/s1. The molecule has 0 fully saturated rings. The maximum absolute atomic E-state index is 13.0. The highest BCUT2D eigenvalue weighted by Crippen LogP contribution is 2.26. The van der Waals surface area contributed by atoms with Gasteiger partial charge < -0.3 is 10.2 Å². The Labute approximate surface area is 81.9 Å². The lowest BCUT2D eigenvalue weighted by Crippen LogP contribution is -2.12. The van der Waals surface area contributed by atoms with E-state index in [-0.39, 0.29) is 10.0 Å². The lowest BCUT2D eigenvalue weighted by Gasteiger charge is -2.08. The molecule has 1 aromatic rings. The summed E-state index contributed by atoms with van der Waals surface area (Å²) in [6.45, 7) is 0. The van der Waals surface area contributed by atoms with Gasteiger partial charge in [0.25, 0.3) is 0 Å². The van der Waals surface area contributed by atoms with Crippen LogP contribution in [-0.4, -0.2) is 16.2 Å². The Morgan fingerprint density at radius 2 is 2.15 bits per heavy atom. The van der Waals surface area contributed by atoms with Gasteiger partial charge in [-0.1, -0.05) is 22.0 Å². The molecular weight excluding hydrogens is 243 g/mol. The van der Waals surface area contributed by atoms with Gasteiger partial charge in [0, 0.05) is 10.0 Å². The number of halogens is 2. The predicted octanol–water partition coefficient (Wildman–Crippen LogP) is 1.71. The fourth-order valence-electron chi connectivity index (χ4n) is 0.895. The molecule has 1 rings (SSSR count). The summed E-state index contributed by atoms with van der Waals surface area (Å²) in [5.41, 5.74) is -0.255. The Balaban J connectivity index is 3.20. The van der Waals surface area contributed by atoms with Crippen LogP contribution in [-0.2, 0) is 4.79 Å². The molecule has 1 aromatic carbocycles. The van der Waals surface area contributed by atoms with Crippen LogP contribution in [0.5, 0.6) is 0 Å². The van der Waals surface area contributed by atoms with Crippen molar-refractivity contribution in [3.8, 4) is 0 Å². The van der Waals surface area contributed by atoms with E-state index in [9.17, 15) is 9.18 Å². The van der Waals surface area contributed by atoms with Crippen molar-refractivity contribution in [3.05, 3.63) is 34.1 Å². The molecule has 0 saturated heterocycles. The monoisotopic (exact) mass is 248 g/mol. The molecule has 70 valence electrons. The van der Waals surface area contributed by atoms with Crippen molar-refractivity contribution >= 4 is 21.9 Å². The molecule has 13 heavy (non-hydrogen) atoms. The van der Waals surface area contributed by atoms with E-state index in [0.717, 1.165) is 6.07 Å². The maximum Gasteiger partial charge on any atom is 0.337 e. The quantitative estimate of drug-likeness (QED) is 0.838. The van der Waals surface area contributed by atoms with Crippen LogP contribution < -0.4 is 0 Å². The van der Waals surface area contributed by atoms with Crippen molar-refractivity contribution in [2.45, 2.75) is 6.10 Å². The van der Waals surface area contributed by atoms with E-state index >= 15 is 0 Å². The van der Waals surface area contributed by atoms with E-state index < -0.39 is 17.9 Å². The first-order chi connectivity index (χ1) is 6.04. The number of aliphatic hydroxyl groups is 1. The molecule has 0 aromatic heterocycles. The van der Waals surface area contributed by atoms with Crippen LogP contribution in [0.1, 0.15) is 11.7 Å². The molecule has 0 radical (unpaired) electrons. The summed E-state index contributed by atoms with van der Waals surface area (Å²) in [6, 6.07) is 3.97. The van der Waals surface area contributed by atoms with Crippen LogP contribution in [0.25, 0.3) is 0 Å². The first-order valence-corrected chi connectivity index (χ1v) is 4.18. The first kappa shape index (κ1) is 10.1. The van der Waals surface area contributed by atoms with Gasteiger partial charge in [0.15, 0.2) is 6.10 Å². The summed E-state index contributed by atoms with van der Waals surface area (Å²) in [5.74, 6) is -2.23. The Kier molecular flexibility index (Phi) is 3.00. The molecule has 0 aliphatic carbocycles. The van der Waals surface area contributed by atoms with E-state index in [0.29, 0.717) is 0 Å². The highest BCUT2D eigenvalue weighted by molar-refractivity contribution is 9.10. The van der Waals surface area contributed by atoms with Crippen LogP contribution in [0.2, 0.25) is 0 Å². The summed E-state index contributed by atoms with van der Waals surface area (Å²) in [4.78, 5) is 10.4. The SMILES string of the molecule is O=C(O)[C@@H](O)c1c(F)cccc1Br. The topological polar surface area (TPSA) is 57.5 Å². The highest BCUT2D eigenvalue weighted by Gasteiger charge is 2.22. The second-order valence-electron chi connectivity index (χ2n) is 2.38. The van der Waals surface area contributed by atoms with Crippen molar-refractivity contribution in [1.29, 1.82) is 0 Å². The lowest BCUT2D eigenvalue weighted by atomic mass is 10.1. The molecule has 0 unspecified atom stereocenters. The third-order valence-corrected chi connectivity index (χ3v) is 2.20. The Morgan fingerprint density at radius 3 is 2.62 bits per heavy atom. The van der Waals surface area contributed by atoms with Gasteiger partial charge in [0.2, 0.25) is 0 Å². The van der Waals surface area contributed by atoms with Crippen LogP contribution in [0.4, 0.5) is 4.39 Å². The number of aliphatic carboxylic acids is 1. The first-order valence-electron chi connectivity index (χ1n) is 3.39. The number of carbonyl (C=O) groups is 1. The second-order valence-corrected chi connectivity index (χ2v) is 3.23. The van der Waals surface area contributed by atoms with Crippen LogP contribution in [0.3, 0.4) is 0 Å². The number of benzene rings is 1. The minimum atomic E-state index is -1.84. The van der Waals surface area contributed by atoms with E-state index in [1.807, 2.05) is 0 Å². The summed E-state index contributed by atoms with van der Waals surface area (Å²) in [6.07, 6.45) is -1.84. The van der Waals surface area contributed by atoms with Crippen molar-refractivity contribution in [1.82, 2.24) is 0 Å². The van der Waals surface area contributed by atoms with Crippen molar-refractivity contribution < 1.29 is 19.4 Å².